The van der Waals surface area contributed by atoms with Crippen LogP contribution in [0.5, 0.6) is 0 Å². The number of benzene rings is 1. The van der Waals surface area contributed by atoms with Gasteiger partial charge in [-0.2, -0.15) is 4.99 Å². The fourth-order valence-electron chi connectivity index (χ4n) is 4.70. The van der Waals surface area contributed by atoms with Gasteiger partial charge in [-0.1, -0.05) is 41.7 Å². The van der Waals surface area contributed by atoms with Crippen LogP contribution in [-0.4, -0.2) is 41.8 Å². The third-order valence-corrected chi connectivity index (χ3v) is 6.62. The van der Waals surface area contributed by atoms with Crippen molar-refractivity contribution in [2.24, 2.45) is 4.99 Å². The van der Waals surface area contributed by atoms with Crippen LogP contribution in [0.15, 0.2) is 64.8 Å². The van der Waals surface area contributed by atoms with E-state index in [1.165, 1.54) is 0 Å². The number of hydrogen-bond donors (Lipinski definition) is 3. The average Bonchev–Trinajstić information content (AvgIpc) is 3.37. The molecule has 4 rings (SSSR count). The molecule has 1 saturated heterocycles. The molecular formula is C32H34N6O2. The quantitative estimate of drug-likeness (QED) is 0.486. The predicted octanol–water partition coefficient (Wildman–Crippen LogP) is 4.03. The second-order valence-electron chi connectivity index (χ2n) is 9.87. The molecule has 0 bridgehead atoms. The van der Waals surface area contributed by atoms with E-state index in [1.807, 2.05) is 50.2 Å². The number of aromatic nitrogens is 1. The SMILES string of the molecule is CC#C/N=C1/NC(c2ccc(CC(=O)Nc3cc(N4CCCC(NC(=O)C#CC)C4)ccn3)cc2)=CC1=C(C)C. The van der Waals surface area contributed by atoms with E-state index in [1.54, 1.807) is 20.0 Å². The zero-order chi connectivity index (χ0) is 28.5. The summed E-state index contributed by atoms with van der Waals surface area (Å²) in [6.45, 7) is 9.05. The summed E-state index contributed by atoms with van der Waals surface area (Å²) in [5, 5.41) is 9.24. The van der Waals surface area contributed by atoms with Gasteiger partial charge in [-0.05, 0) is 69.7 Å². The first-order valence-electron chi connectivity index (χ1n) is 13.4. The molecule has 1 unspecified atom stereocenters. The Kier molecular flexibility index (Phi) is 9.38. The van der Waals surface area contributed by atoms with Crippen LogP contribution >= 0.6 is 0 Å². The lowest BCUT2D eigenvalue weighted by atomic mass is 10.0. The van der Waals surface area contributed by atoms with Crippen molar-refractivity contribution in [1.29, 1.82) is 0 Å². The van der Waals surface area contributed by atoms with Crippen molar-refractivity contribution >= 4 is 34.9 Å². The molecule has 1 atom stereocenters. The molecule has 8 nitrogen and oxygen atoms in total. The molecule has 2 aromatic rings. The maximum atomic E-state index is 12.8. The van der Waals surface area contributed by atoms with Crippen LogP contribution < -0.4 is 20.9 Å². The van der Waals surface area contributed by atoms with Gasteiger partial charge in [0.1, 0.15) is 11.7 Å². The van der Waals surface area contributed by atoms with Crippen molar-refractivity contribution < 1.29 is 9.59 Å². The molecule has 2 aliphatic rings. The van der Waals surface area contributed by atoms with Gasteiger partial charge in [-0.3, -0.25) is 9.59 Å². The molecule has 0 saturated carbocycles. The number of piperidine rings is 1. The fourth-order valence-corrected chi connectivity index (χ4v) is 4.70. The van der Waals surface area contributed by atoms with Crippen LogP contribution in [0.4, 0.5) is 11.5 Å². The number of carbonyl (C=O) groups is 2. The Hall–Kier alpha value is -4.82. The number of nitrogens with one attached hydrogen (secondary N) is 3. The van der Waals surface area contributed by atoms with E-state index in [2.05, 4.69) is 60.7 Å². The Labute approximate surface area is 236 Å². The molecule has 0 aliphatic carbocycles. The monoisotopic (exact) mass is 534 g/mol. The predicted molar refractivity (Wildman–Crippen MR) is 160 cm³/mol. The zero-order valence-electron chi connectivity index (χ0n) is 23.4. The molecule has 0 radical (unpaired) electrons. The first-order chi connectivity index (χ1) is 19.4. The number of amides is 2. The number of amidine groups is 1. The molecule has 2 aliphatic heterocycles. The molecule has 1 aromatic heterocycles. The Balaban J connectivity index is 1.36. The van der Waals surface area contributed by atoms with Crippen LogP contribution in [-0.2, 0) is 16.0 Å². The first-order valence-corrected chi connectivity index (χ1v) is 13.4. The Bertz CT molecular complexity index is 1490. The van der Waals surface area contributed by atoms with E-state index in [0.29, 0.717) is 12.4 Å². The zero-order valence-corrected chi connectivity index (χ0v) is 23.4. The van der Waals surface area contributed by atoms with Crippen molar-refractivity contribution in [3.05, 3.63) is 70.9 Å². The number of allylic oxidation sites excluding steroid dienone is 1. The normalized spacial score (nSPS) is 17.1. The van der Waals surface area contributed by atoms with Crippen molar-refractivity contribution in [2.75, 3.05) is 23.3 Å². The van der Waals surface area contributed by atoms with Crippen LogP contribution in [0.1, 0.15) is 51.7 Å². The van der Waals surface area contributed by atoms with Crippen LogP contribution in [0.2, 0.25) is 0 Å². The molecule has 1 aromatic carbocycles. The van der Waals surface area contributed by atoms with Gasteiger partial charge in [0.2, 0.25) is 5.91 Å². The minimum absolute atomic E-state index is 0.0315. The minimum atomic E-state index is -0.251. The number of rotatable bonds is 6. The van der Waals surface area contributed by atoms with Crippen molar-refractivity contribution in [3.8, 4) is 23.8 Å². The lowest BCUT2D eigenvalue weighted by Gasteiger charge is -2.34. The van der Waals surface area contributed by atoms with E-state index in [0.717, 1.165) is 58.9 Å². The number of carbonyl (C=O) groups excluding carboxylic acids is 2. The van der Waals surface area contributed by atoms with Gasteiger partial charge >= 0.3 is 0 Å². The van der Waals surface area contributed by atoms with E-state index >= 15 is 0 Å². The summed E-state index contributed by atoms with van der Waals surface area (Å²) >= 11 is 0. The second kappa shape index (κ2) is 13.3. The van der Waals surface area contributed by atoms with Crippen molar-refractivity contribution in [3.63, 3.8) is 0 Å². The molecule has 3 heterocycles. The highest BCUT2D eigenvalue weighted by Crippen LogP contribution is 2.25. The maximum absolute atomic E-state index is 12.8. The summed E-state index contributed by atoms with van der Waals surface area (Å²) in [4.78, 5) is 35.6. The Morgan fingerprint density at radius 2 is 1.95 bits per heavy atom. The summed E-state index contributed by atoms with van der Waals surface area (Å²) in [7, 11) is 0. The molecule has 8 heteroatoms. The highest BCUT2D eigenvalue weighted by Gasteiger charge is 2.22. The number of pyridine rings is 1. The topological polar surface area (TPSA) is 98.7 Å². The molecule has 2 amide bonds. The molecule has 3 N–H and O–H groups in total. The third-order valence-electron chi connectivity index (χ3n) is 6.62. The Morgan fingerprint density at radius 1 is 1.15 bits per heavy atom. The number of nitrogens with zero attached hydrogens (tertiary/aromatic N) is 3. The second-order valence-corrected chi connectivity index (χ2v) is 9.87. The smallest absolute Gasteiger partial charge is 0.296 e. The van der Waals surface area contributed by atoms with Crippen molar-refractivity contribution in [1.82, 2.24) is 15.6 Å². The molecule has 0 spiro atoms. The minimum Gasteiger partial charge on any atom is -0.369 e. The lowest BCUT2D eigenvalue weighted by molar-refractivity contribution is -0.116. The van der Waals surface area contributed by atoms with Crippen LogP contribution in [0.25, 0.3) is 5.70 Å². The van der Waals surface area contributed by atoms with Gasteiger partial charge in [-0.15, -0.1) is 0 Å². The largest absolute Gasteiger partial charge is 0.369 e. The van der Waals surface area contributed by atoms with E-state index in [9.17, 15) is 9.59 Å². The molecule has 1 fully saturated rings. The summed E-state index contributed by atoms with van der Waals surface area (Å²) < 4.78 is 0. The fraction of sp³-hybridized carbons (Fsp3) is 0.312. The first kappa shape index (κ1) is 28.2. The lowest BCUT2D eigenvalue weighted by Crippen LogP contribution is -2.47. The van der Waals surface area contributed by atoms with Crippen molar-refractivity contribution in [2.45, 2.75) is 53.0 Å². The molecular weight excluding hydrogens is 500 g/mol. The summed E-state index contributed by atoms with van der Waals surface area (Å²) in [6.07, 6.45) is 5.86. The highest BCUT2D eigenvalue weighted by atomic mass is 16.2. The number of anilines is 2. The molecule has 204 valence electrons. The van der Waals surface area contributed by atoms with Gasteiger partial charge in [0, 0.05) is 54.4 Å². The third kappa shape index (κ3) is 7.39. The van der Waals surface area contributed by atoms with Gasteiger partial charge in [0.15, 0.2) is 0 Å². The van der Waals surface area contributed by atoms with E-state index in [4.69, 9.17) is 0 Å². The highest BCUT2D eigenvalue weighted by molar-refractivity contribution is 6.12. The Morgan fingerprint density at radius 3 is 2.67 bits per heavy atom. The maximum Gasteiger partial charge on any atom is 0.296 e. The molecule has 40 heavy (non-hydrogen) atoms. The van der Waals surface area contributed by atoms with E-state index < -0.39 is 0 Å². The van der Waals surface area contributed by atoms with Gasteiger partial charge in [0.25, 0.3) is 5.91 Å². The standard InChI is InChI=1S/C32H34N6O2/c1-5-8-30(39)35-25-9-7-17-38(21-25)26-14-16-33-29(19-26)37-31(40)18-23-10-12-24(13-11-23)28-20-27(22(3)4)32(36-28)34-15-6-2/h10-14,16,19-20,25H,7,9,17-18,21H2,1-4H3,(H,34,36)(H,35,39)(H,33,37,40). The van der Waals surface area contributed by atoms with Crippen LogP contribution in [0, 0.1) is 23.8 Å². The van der Waals surface area contributed by atoms with Gasteiger partial charge in [-0.25, -0.2) is 4.98 Å². The number of aliphatic imine (C=N–C) groups is 1. The van der Waals surface area contributed by atoms with E-state index in [-0.39, 0.29) is 24.3 Å². The number of hydrogen-bond acceptors (Lipinski definition) is 5. The van der Waals surface area contributed by atoms with Gasteiger partial charge < -0.3 is 20.9 Å². The van der Waals surface area contributed by atoms with Crippen LogP contribution in [0.3, 0.4) is 0 Å². The summed E-state index contributed by atoms with van der Waals surface area (Å²) in [6, 6.07) is 14.5. The average molecular weight is 535 g/mol. The summed E-state index contributed by atoms with van der Waals surface area (Å²) in [5.74, 6) is 8.82. The summed E-state index contributed by atoms with van der Waals surface area (Å²) in [5.41, 5.74) is 5.99. The van der Waals surface area contributed by atoms with Gasteiger partial charge in [0.05, 0.1) is 6.42 Å².